The molecule has 0 amide bonds. The number of methoxy groups -OCH3 is 1. The van der Waals surface area contributed by atoms with Crippen molar-refractivity contribution in [3.05, 3.63) is 33.2 Å². The number of ether oxygens (including phenoxy) is 1. The van der Waals surface area contributed by atoms with Crippen LogP contribution in [0.3, 0.4) is 0 Å². The summed E-state index contributed by atoms with van der Waals surface area (Å²) in [6.07, 6.45) is -2.96. The zero-order chi connectivity index (χ0) is 12.3. The lowest BCUT2D eigenvalue weighted by Gasteiger charge is -2.06. The molecule has 0 aliphatic carbocycles. The van der Waals surface area contributed by atoms with Crippen LogP contribution in [0.25, 0.3) is 0 Å². The van der Waals surface area contributed by atoms with E-state index in [1.807, 2.05) is 4.98 Å². The van der Waals surface area contributed by atoms with Crippen molar-refractivity contribution in [3.63, 3.8) is 0 Å². The van der Waals surface area contributed by atoms with Gasteiger partial charge in [0, 0.05) is 5.56 Å². The summed E-state index contributed by atoms with van der Waals surface area (Å²) in [6, 6.07) is 1.16. The van der Waals surface area contributed by atoms with Gasteiger partial charge in [0.15, 0.2) is 0 Å². The minimum Gasteiger partial charge on any atom is -0.469 e. The molecular formula is C10H11F2NO3. The Hall–Kier alpha value is -1.72. The molecule has 0 aliphatic rings. The van der Waals surface area contributed by atoms with Crippen molar-refractivity contribution < 1.29 is 18.3 Å². The van der Waals surface area contributed by atoms with Gasteiger partial charge >= 0.3 is 5.97 Å². The Labute approximate surface area is 90.2 Å². The lowest BCUT2D eigenvalue weighted by atomic mass is 10.1. The predicted molar refractivity (Wildman–Crippen MR) is 52.5 cm³/mol. The van der Waals surface area contributed by atoms with Gasteiger partial charge in [-0.2, -0.15) is 0 Å². The van der Waals surface area contributed by atoms with Crippen LogP contribution in [0.4, 0.5) is 8.78 Å². The second kappa shape index (κ2) is 4.87. The van der Waals surface area contributed by atoms with Crippen LogP contribution >= 0.6 is 0 Å². The maximum atomic E-state index is 12.3. The number of nitrogens with one attached hydrogen (secondary N) is 1. The molecule has 4 nitrogen and oxygen atoms in total. The summed E-state index contributed by atoms with van der Waals surface area (Å²) in [5.41, 5.74) is -0.627. The number of alkyl halides is 2. The third kappa shape index (κ3) is 2.65. The molecule has 0 unspecified atom stereocenters. The van der Waals surface area contributed by atoms with Crippen LogP contribution in [0.15, 0.2) is 10.9 Å². The van der Waals surface area contributed by atoms with E-state index in [1.165, 1.54) is 14.0 Å². The first-order valence-electron chi connectivity index (χ1n) is 4.53. The monoisotopic (exact) mass is 231 g/mol. The van der Waals surface area contributed by atoms with E-state index in [0.717, 1.165) is 6.07 Å². The van der Waals surface area contributed by atoms with Crippen molar-refractivity contribution in [1.82, 2.24) is 4.98 Å². The molecule has 1 N–H and O–H groups in total. The SMILES string of the molecule is COC(=O)Cc1c(C)cc(C(F)F)[nH]c1=O. The van der Waals surface area contributed by atoms with Crippen LogP contribution in [-0.2, 0) is 16.0 Å². The standard InChI is InChI=1S/C10H11F2NO3/c1-5-3-7(9(11)12)13-10(15)6(5)4-8(14)16-2/h3,9H,4H2,1-2H3,(H,13,15). The molecule has 0 bridgehead atoms. The van der Waals surface area contributed by atoms with Gasteiger partial charge in [-0.15, -0.1) is 0 Å². The lowest BCUT2D eigenvalue weighted by Crippen LogP contribution is -2.20. The molecule has 0 aromatic carbocycles. The highest BCUT2D eigenvalue weighted by atomic mass is 19.3. The highest BCUT2D eigenvalue weighted by Crippen LogP contribution is 2.17. The van der Waals surface area contributed by atoms with Crippen LogP contribution < -0.4 is 5.56 Å². The van der Waals surface area contributed by atoms with Crippen molar-refractivity contribution in [2.75, 3.05) is 7.11 Å². The van der Waals surface area contributed by atoms with E-state index >= 15 is 0 Å². The number of esters is 1. The average Bonchev–Trinajstić information content (AvgIpc) is 2.22. The number of hydrogen-bond acceptors (Lipinski definition) is 3. The molecule has 1 rings (SSSR count). The Balaban J connectivity index is 3.13. The summed E-state index contributed by atoms with van der Waals surface area (Å²) in [7, 11) is 1.19. The molecular weight excluding hydrogens is 220 g/mol. The van der Waals surface area contributed by atoms with Gasteiger partial charge in [-0.3, -0.25) is 9.59 Å². The van der Waals surface area contributed by atoms with Crippen molar-refractivity contribution in [2.24, 2.45) is 0 Å². The van der Waals surface area contributed by atoms with E-state index in [1.54, 1.807) is 0 Å². The Bertz CT molecular complexity index is 454. The minimum absolute atomic E-state index is 0.149. The highest BCUT2D eigenvalue weighted by molar-refractivity contribution is 5.72. The van der Waals surface area contributed by atoms with E-state index in [2.05, 4.69) is 4.74 Å². The molecule has 1 heterocycles. The normalized spacial score (nSPS) is 10.6. The van der Waals surface area contributed by atoms with Crippen molar-refractivity contribution in [2.45, 2.75) is 19.8 Å². The van der Waals surface area contributed by atoms with Gasteiger partial charge < -0.3 is 9.72 Å². The summed E-state index contributed by atoms with van der Waals surface area (Å²) in [6.45, 7) is 1.50. The van der Waals surface area contributed by atoms with Gasteiger partial charge in [0.1, 0.15) is 0 Å². The van der Waals surface area contributed by atoms with E-state index in [9.17, 15) is 18.4 Å². The first-order valence-corrected chi connectivity index (χ1v) is 4.53. The van der Waals surface area contributed by atoms with Crippen molar-refractivity contribution >= 4 is 5.97 Å². The van der Waals surface area contributed by atoms with Gasteiger partial charge in [-0.25, -0.2) is 8.78 Å². The molecule has 88 valence electrons. The molecule has 0 radical (unpaired) electrons. The number of aryl methyl sites for hydroxylation is 1. The Morgan fingerprint density at radius 1 is 1.56 bits per heavy atom. The van der Waals surface area contributed by atoms with Crippen molar-refractivity contribution in [3.8, 4) is 0 Å². The predicted octanol–water partition coefficient (Wildman–Crippen LogP) is 1.34. The molecule has 1 aromatic rings. The molecule has 6 heteroatoms. The zero-order valence-corrected chi connectivity index (χ0v) is 8.84. The summed E-state index contributed by atoms with van der Waals surface area (Å²) in [4.78, 5) is 24.4. The summed E-state index contributed by atoms with van der Waals surface area (Å²) < 4.78 is 29.1. The minimum atomic E-state index is -2.74. The third-order valence-electron chi connectivity index (χ3n) is 2.16. The summed E-state index contributed by atoms with van der Waals surface area (Å²) >= 11 is 0. The number of aromatic amines is 1. The zero-order valence-electron chi connectivity index (χ0n) is 8.84. The first-order chi connectivity index (χ1) is 7.45. The smallest absolute Gasteiger partial charge is 0.310 e. The molecule has 0 saturated carbocycles. The van der Waals surface area contributed by atoms with E-state index in [-0.39, 0.29) is 12.0 Å². The molecule has 16 heavy (non-hydrogen) atoms. The molecule has 0 atom stereocenters. The number of carbonyl (C=O) groups excluding carboxylic acids is 1. The Kier molecular flexibility index (Phi) is 3.76. The quantitative estimate of drug-likeness (QED) is 0.798. The molecule has 0 fully saturated rings. The van der Waals surface area contributed by atoms with Crippen LogP contribution in [-0.4, -0.2) is 18.1 Å². The van der Waals surface area contributed by atoms with Crippen molar-refractivity contribution in [1.29, 1.82) is 0 Å². The number of hydrogen-bond donors (Lipinski definition) is 1. The fraction of sp³-hybridized carbons (Fsp3) is 0.400. The maximum Gasteiger partial charge on any atom is 0.310 e. The number of pyridine rings is 1. The number of rotatable bonds is 3. The first kappa shape index (κ1) is 12.4. The lowest BCUT2D eigenvalue weighted by molar-refractivity contribution is -0.139. The molecule has 0 aliphatic heterocycles. The van der Waals surface area contributed by atoms with Gasteiger partial charge in [0.2, 0.25) is 0 Å². The van der Waals surface area contributed by atoms with Gasteiger partial charge in [-0.1, -0.05) is 0 Å². The molecule has 1 aromatic heterocycles. The van der Waals surface area contributed by atoms with Gasteiger partial charge in [0.25, 0.3) is 12.0 Å². The molecule has 0 saturated heterocycles. The largest absolute Gasteiger partial charge is 0.469 e. The highest BCUT2D eigenvalue weighted by Gasteiger charge is 2.15. The fourth-order valence-electron chi connectivity index (χ4n) is 1.30. The van der Waals surface area contributed by atoms with Crippen LogP contribution in [0.1, 0.15) is 23.2 Å². The van der Waals surface area contributed by atoms with E-state index in [0.29, 0.717) is 5.56 Å². The Morgan fingerprint density at radius 3 is 2.62 bits per heavy atom. The number of carbonyl (C=O) groups is 1. The number of aromatic nitrogens is 1. The van der Waals surface area contributed by atoms with Crippen LogP contribution in [0.2, 0.25) is 0 Å². The fourth-order valence-corrected chi connectivity index (χ4v) is 1.30. The molecule has 0 spiro atoms. The van der Waals surface area contributed by atoms with Gasteiger partial charge in [-0.05, 0) is 18.6 Å². The van der Waals surface area contributed by atoms with Crippen LogP contribution in [0.5, 0.6) is 0 Å². The summed E-state index contributed by atoms with van der Waals surface area (Å²) in [5, 5.41) is 0. The third-order valence-corrected chi connectivity index (χ3v) is 2.16. The van der Waals surface area contributed by atoms with E-state index < -0.39 is 23.6 Å². The number of H-pyrrole nitrogens is 1. The number of halogens is 2. The summed E-state index contributed by atoms with van der Waals surface area (Å²) in [5.74, 6) is -0.585. The second-order valence-electron chi connectivity index (χ2n) is 3.27. The van der Waals surface area contributed by atoms with Gasteiger partial charge in [0.05, 0.1) is 19.2 Å². The Morgan fingerprint density at radius 2 is 2.19 bits per heavy atom. The van der Waals surface area contributed by atoms with E-state index in [4.69, 9.17) is 0 Å². The maximum absolute atomic E-state index is 12.3. The average molecular weight is 231 g/mol. The second-order valence-corrected chi connectivity index (χ2v) is 3.27. The topological polar surface area (TPSA) is 59.2 Å². The van der Waals surface area contributed by atoms with Crippen LogP contribution in [0, 0.1) is 6.92 Å².